The van der Waals surface area contributed by atoms with E-state index in [1.807, 2.05) is 0 Å². The number of anilines is 1. The Kier molecular flexibility index (Phi) is 7.63. The minimum absolute atomic E-state index is 0.114. The molecular formula is C22H24ClF2N3O2. The highest BCUT2D eigenvalue weighted by molar-refractivity contribution is 6.31. The molecule has 1 heterocycles. The van der Waals surface area contributed by atoms with Crippen LogP contribution in [0.4, 0.5) is 19.3 Å². The molecule has 0 aromatic heterocycles. The summed E-state index contributed by atoms with van der Waals surface area (Å²) in [7, 11) is 0. The molecule has 1 aliphatic heterocycles. The highest BCUT2D eigenvalue weighted by Gasteiger charge is 2.24. The van der Waals surface area contributed by atoms with Crippen molar-refractivity contribution < 1.29 is 18.4 Å². The zero-order valence-corrected chi connectivity index (χ0v) is 17.2. The Morgan fingerprint density at radius 3 is 2.70 bits per heavy atom. The van der Waals surface area contributed by atoms with E-state index in [0.717, 1.165) is 12.8 Å². The first-order chi connectivity index (χ1) is 14.4. The van der Waals surface area contributed by atoms with E-state index in [1.165, 1.54) is 24.3 Å². The van der Waals surface area contributed by atoms with Crippen LogP contribution in [0.3, 0.4) is 0 Å². The van der Waals surface area contributed by atoms with Crippen molar-refractivity contribution >= 4 is 29.2 Å². The lowest BCUT2D eigenvalue weighted by molar-refractivity contribution is -0.121. The zero-order valence-electron chi connectivity index (χ0n) is 16.5. The predicted octanol–water partition coefficient (Wildman–Crippen LogP) is 4.96. The number of carbonyl (C=O) groups excluding carboxylic acids is 2. The molecule has 2 aromatic carbocycles. The third kappa shape index (κ3) is 6.42. The molecule has 2 N–H and O–H groups in total. The lowest BCUT2D eigenvalue weighted by Crippen LogP contribution is -2.42. The molecule has 1 atom stereocenters. The number of rotatable bonds is 6. The third-order valence-electron chi connectivity index (χ3n) is 5.15. The van der Waals surface area contributed by atoms with E-state index in [2.05, 4.69) is 10.6 Å². The Hall–Kier alpha value is -2.67. The normalized spacial score (nSPS) is 16.2. The molecule has 0 spiro atoms. The minimum atomic E-state index is -0.418. The van der Waals surface area contributed by atoms with Gasteiger partial charge in [0.15, 0.2) is 0 Å². The van der Waals surface area contributed by atoms with Crippen LogP contribution >= 0.6 is 11.6 Å². The second kappa shape index (κ2) is 10.4. The summed E-state index contributed by atoms with van der Waals surface area (Å²) < 4.78 is 26.4. The van der Waals surface area contributed by atoms with Crippen LogP contribution in [0.1, 0.15) is 31.2 Å². The van der Waals surface area contributed by atoms with Crippen molar-refractivity contribution in [2.24, 2.45) is 5.92 Å². The van der Waals surface area contributed by atoms with Crippen molar-refractivity contribution in [3.8, 4) is 0 Å². The van der Waals surface area contributed by atoms with Crippen molar-refractivity contribution in [2.75, 3.05) is 18.4 Å². The molecule has 3 amide bonds. The fourth-order valence-electron chi connectivity index (χ4n) is 3.54. The zero-order chi connectivity index (χ0) is 21.5. The summed E-state index contributed by atoms with van der Waals surface area (Å²) in [6.45, 7) is 1.43. The van der Waals surface area contributed by atoms with Crippen LogP contribution in [-0.4, -0.2) is 29.9 Å². The summed E-state index contributed by atoms with van der Waals surface area (Å²) >= 11 is 5.97. The van der Waals surface area contributed by atoms with Gasteiger partial charge in [0.25, 0.3) is 0 Å². The molecule has 1 saturated heterocycles. The number of urea groups is 1. The van der Waals surface area contributed by atoms with Crippen molar-refractivity contribution in [3.05, 3.63) is 64.7 Å². The van der Waals surface area contributed by atoms with Gasteiger partial charge in [-0.05, 0) is 61.1 Å². The van der Waals surface area contributed by atoms with Gasteiger partial charge in [-0.15, -0.1) is 0 Å². The standard InChI is InChI=1S/C22H24ClF2N3O2/c23-20-12-18(25)8-7-16(20)13-26-21(29)9-6-15-3-2-10-28(14-15)22(30)27-19-5-1-4-17(24)11-19/h1,4-5,7-8,11-12,15H,2-3,6,9-10,13-14H2,(H,26,29)(H,27,30)/t15-/m0/s1. The SMILES string of the molecule is O=C(CC[C@@H]1CCCN(C(=O)Nc2cccc(F)c2)C1)NCc1ccc(F)cc1Cl. The van der Waals surface area contributed by atoms with E-state index in [9.17, 15) is 18.4 Å². The van der Waals surface area contributed by atoms with Gasteiger partial charge in [0.2, 0.25) is 5.91 Å². The molecule has 1 aliphatic rings. The quantitative estimate of drug-likeness (QED) is 0.673. The van der Waals surface area contributed by atoms with Crippen LogP contribution in [0.2, 0.25) is 5.02 Å². The molecule has 160 valence electrons. The number of hydrogen-bond acceptors (Lipinski definition) is 2. The van der Waals surface area contributed by atoms with Gasteiger partial charge in [0.1, 0.15) is 11.6 Å². The molecule has 0 unspecified atom stereocenters. The van der Waals surface area contributed by atoms with Gasteiger partial charge in [-0.25, -0.2) is 13.6 Å². The summed E-state index contributed by atoms with van der Waals surface area (Å²) in [6.07, 6.45) is 2.80. The molecule has 0 aliphatic carbocycles. The van der Waals surface area contributed by atoms with Gasteiger partial charge in [0.05, 0.1) is 0 Å². The molecule has 8 heteroatoms. The second-order valence-corrected chi connectivity index (χ2v) is 7.85. The molecule has 30 heavy (non-hydrogen) atoms. The maximum absolute atomic E-state index is 13.3. The van der Waals surface area contributed by atoms with Crippen molar-refractivity contribution in [1.82, 2.24) is 10.2 Å². The van der Waals surface area contributed by atoms with Gasteiger partial charge in [-0.2, -0.15) is 0 Å². The highest BCUT2D eigenvalue weighted by atomic mass is 35.5. The first kappa shape index (κ1) is 22.0. The number of likely N-dealkylation sites (tertiary alicyclic amines) is 1. The Morgan fingerprint density at radius 1 is 1.13 bits per heavy atom. The lowest BCUT2D eigenvalue weighted by Gasteiger charge is -2.32. The largest absolute Gasteiger partial charge is 0.352 e. The fourth-order valence-corrected chi connectivity index (χ4v) is 3.77. The maximum atomic E-state index is 13.3. The predicted molar refractivity (Wildman–Crippen MR) is 112 cm³/mol. The summed E-state index contributed by atoms with van der Waals surface area (Å²) in [5, 5.41) is 5.79. The van der Waals surface area contributed by atoms with Crippen molar-refractivity contribution in [2.45, 2.75) is 32.2 Å². The van der Waals surface area contributed by atoms with Crippen molar-refractivity contribution in [1.29, 1.82) is 0 Å². The van der Waals surface area contributed by atoms with Gasteiger partial charge < -0.3 is 15.5 Å². The number of amides is 3. The van der Waals surface area contributed by atoms with E-state index in [1.54, 1.807) is 23.1 Å². The maximum Gasteiger partial charge on any atom is 0.321 e. The van der Waals surface area contributed by atoms with Crippen LogP contribution in [0, 0.1) is 17.6 Å². The van der Waals surface area contributed by atoms with Gasteiger partial charge >= 0.3 is 6.03 Å². The minimum Gasteiger partial charge on any atom is -0.352 e. The number of nitrogens with one attached hydrogen (secondary N) is 2. The Morgan fingerprint density at radius 2 is 1.93 bits per heavy atom. The number of halogens is 3. The number of piperidine rings is 1. The van der Waals surface area contributed by atoms with Crippen LogP contribution < -0.4 is 10.6 Å². The molecule has 0 bridgehead atoms. The monoisotopic (exact) mass is 435 g/mol. The van der Waals surface area contributed by atoms with Crippen molar-refractivity contribution in [3.63, 3.8) is 0 Å². The van der Waals surface area contributed by atoms with E-state index < -0.39 is 11.6 Å². The molecular weight excluding hydrogens is 412 g/mol. The Labute approximate surface area is 179 Å². The van der Waals surface area contributed by atoms with Gasteiger partial charge in [-0.1, -0.05) is 23.7 Å². The Bertz CT molecular complexity index is 910. The molecule has 5 nitrogen and oxygen atoms in total. The number of hydrogen-bond donors (Lipinski definition) is 2. The number of nitrogens with zero attached hydrogens (tertiary/aromatic N) is 1. The fraction of sp³-hybridized carbons (Fsp3) is 0.364. The molecule has 0 radical (unpaired) electrons. The van der Waals surface area contributed by atoms with Crippen LogP contribution in [0.5, 0.6) is 0 Å². The molecule has 0 saturated carbocycles. The highest BCUT2D eigenvalue weighted by Crippen LogP contribution is 2.22. The topological polar surface area (TPSA) is 61.4 Å². The average molecular weight is 436 g/mol. The smallest absolute Gasteiger partial charge is 0.321 e. The van der Waals surface area contributed by atoms with Crippen LogP contribution in [-0.2, 0) is 11.3 Å². The lowest BCUT2D eigenvalue weighted by atomic mass is 9.93. The summed E-state index contributed by atoms with van der Waals surface area (Å²) in [5.41, 5.74) is 1.07. The van der Waals surface area contributed by atoms with E-state index in [-0.39, 0.29) is 29.4 Å². The number of carbonyl (C=O) groups is 2. The average Bonchev–Trinajstić information content (AvgIpc) is 2.72. The van der Waals surface area contributed by atoms with E-state index in [0.29, 0.717) is 37.2 Å². The second-order valence-electron chi connectivity index (χ2n) is 7.45. The van der Waals surface area contributed by atoms with E-state index in [4.69, 9.17) is 11.6 Å². The first-order valence-electron chi connectivity index (χ1n) is 9.93. The third-order valence-corrected chi connectivity index (χ3v) is 5.50. The summed E-state index contributed by atoms with van der Waals surface area (Å²) in [5.74, 6) is -0.718. The first-order valence-corrected chi connectivity index (χ1v) is 10.3. The molecule has 1 fully saturated rings. The Balaban J connectivity index is 1.43. The number of benzene rings is 2. The van der Waals surface area contributed by atoms with Gasteiger partial charge in [-0.3, -0.25) is 4.79 Å². The molecule has 3 rings (SSSR count). The molecule has 2 aromatic rings. The summed E-state index contributed by atoms with van der Waals surface area (Å²) in [6, 6.07) is 9.59. The van der Waals surface area contributed by atoms with Gasteiger partial charge in [0, 0.05) is 36.8 Å². The summed E-state index contributed by atoms with van der Waals surface area (Å²) in [4.78, 5) is 26.3. The van der Waals surface area contributed by atoms with Crippen LogP contribution in [0.25, 0.3) is 0 Å². The van der Waals surface area contributed by atoms with E-state index >= 15 is 0 Å². The van der Waals surface area contributed by atoms with Crippen LogP contribution in [0.15, 0.2) is 42.5 Å².